The van der Waals surface area contributed by atoms with Crippen LogP contribution in [0.2, 0.25) is 0 Å². The van der Waals surface area contributed by atoms with Crippen LogP contribution in [0.4, 0.5) is 14.9 Å². The first-order valence-corrected chi connectivity index (χ1v) is 9.78. The van der Waals surface area contributed by atoms with Crippen molar-refractivity contribution in [2.75, 3.05) is 12.4 Å². The van der Waals surface area contributed by atoms with Gasteiger partial charge in [0, 0.05) is 34.9 Å². The predicted molar refractivity (Wildman–Crippen MR) is 103 cm³/mol. The van der Waals surface area contributed by atoms with E-state index in [1.807, 2.05) is 6.92 Å². The van der Waals surface area contributed by atoms with E-state index in [-0.39, 0.29) is 35.0 Å². The van der Waals surface area contributed by atoms with Gasteiger partial charge < -0.3 is 9.84 Å². The molecular formula is C18H22FN3O5S. The number of aliphatic imine (C=N–C) groups is 1. The van der Waals surface area contributed by atoms with Gasteiger partial charge >= 0.3 is 6.09 Å². The summed E-state index contributed by atoms with van der Waals surface area (Å²) >= 11 is 1.28. The number of nitro groups is 1. The van der Waals surface area contributed by atoms with Gasteiger partial charge in [-0.2, -0.15) is 0 Å². The molecule has 1 amide bonds. The molecule has 2 heterocycles. The van der Waals surface area contributed by atoms with Crippen molar-refractivity contribution in [1.82, 2.24) is 4.90 Å². The fraction of sp³-hybridized carbons (Fsp3) is 0.556. The maximum atomic E-state index is 14.8. The zero-order chi connectivity index (χ0) is 20.9. The summed E-state index contributed by atoms with van der Waals surface area (Å²) in [5.41, 5.74) is -2.16. The smallest absolute Gasteiger partial charge is 0.413 e. The summed E-state index contributed by atoms with van der Waals surface area (Å²) in [7, 11) is 0. The molecular weight excluding hydrogens is 389 g/mol. The Hall–Kier alpha value is -2.20. The van der Waals surface area contributed by atoms with E-state index in [1.54, 1.807) is 20.8 Å². The molecule has 0 bridgehead atoms. The van der Waals surface area contributed by atoms with Crippen molar-refractivity contribution in [3.8, 4) is 0 Å². The van der Waals surface area contributed by atoms with Gasteiger partial charge in [0.25, 0.3) is 5.69 Å². The second kappa shape index (κ2) is 7.00. The van der Waals surface area contributed by atoms with E-state index in [4.69, 9.17) is 4.74 Å². The van der Waals surface area contributed by atoms with Crippen LogP contribution in [0.15, 0.2) is 23.2 Å². The minimum atomic E-state index is -1.21. The summed E-state index contributed by atoms with van der Waals surface area (Å²) in [6, 6.07) is 3.34. The van der Waals surface area contributed by atoms with E-state index >= 15 is 0 Å². The van der Waals surface area contributed by atoms with Crippen LogP contribution < -0.4 is 0 Å². The van der Waals surface area contributed by atoms with Crippen LogP contribution in [-0.4, -0.2) is 50.2 Å². The third kappa shape index (κ3) is 3.35. The Morgan fingerprint density at radius 1 is 1.50 bits per heavy atom. The number of carbonyl (C=O) groups is 1. The van der Waals surface area contributed by atoms with E-state index in [9.17, 15) is 24.4 Å². The molecule has 10 heteroatoms. The number of hydrogen-bond acceptors (Lipinski definition) is 6. The van der Waals surface area contributed by atoms with Crippen molar-refractivity contribution >= 4 is 28.7 Å². The predicted octanol–water partition coefficient (Wildman–Crippen LogP) is 3.85. The lowest BCUT2D eigenvalue weighted by atomic mass is 9.79. The zero-order valence-corrected chi connectivity index (χ0v) is 16.8. The van der Waals surface area contributed by atoms with Gasteiger partial charge in [0.1, 0.15) is 11.4 Å². The maximum absolute atomic E-state index is 14.8. The van der Waals surface area contributed by atoms with Gasteiger partial charge in [-0.15, -0.1) is 0 Å². The number of nitro benzene ring substituents is 1. The summed E-state index contributed by atoms with van der Waals surface area (Å²) in [6.45, 7) is 7.10. The van der Waals surface area contributed by atoms with E-state index < -0.39 is 27.9 Å². The Morgan fingerprint density at radius 3 is 2.75 bits per heavy atom. The Kier molecular flexibility index (Phi) is 5.13. The summed E-state index contributed by atoms with van der Waals surface area (Å²) in [4.78, 5) is 28.4. The van der Waals surface area contributed by atoms with E-state index in [0.29, 0.717) is 5.75 Å². The number of carboxylic acid groups (broad SMARTS) is 1. The van der Waals surface area contributed by atoms with Crippen molar-refractivity contribution in [3.05, 3.63) is 39.7 Å². The fourth-order valence-electron chi connectivity index (χ4n) is 3.69. The minimum Gasteiger partial charge on any atom is -0.465 e. The van der Waals surface area contributed by atoms with Crippen molar-refractivity contribution in [2.24, 2.45) is 10.9 Å². The van der Waals surface area contributed by atoms with Gasteiger partial charge in [0.05, 0.1) is 17.6 Å². The standard InChI is InChI=1S/C18H22FN3O5S/c1-10-13-8-28-15(21(16(23)24)17(2,3)4)20-18(13,9-27-10)12-7-11(22(25)26)5-6-14(12)19/h5-7,10,13H,8-9H2,1-4H3,(H,23,24)/t10-,13+,18-/m0/s1. The SMILES string of the molecule is C[C@@H]1OC[C@@]2(c3cc([N+](=O)[O-])ccc3F)N=C(N(C(=O)O)C(C)(C)C)SC[C@H]12. The molecule has 3 atom stereocenters. The zero-order valence-electron chi connectivity index (χ0n) is 16.0. The number of hydrogen-bond donors (Lipinski definition) is 1. The van der Waals surface area contributed by atoms with Crippen molar-refractivity contribution < 1.29 is 24.0 Å². The summed E-state index contributed by atoms with van der Waals surface area (Å²) in [5.74, 6) is -0.406. The topological polar surface area (TPSA) is 105 Å². The lowest BCUT2D eigenvalue weighted by Crippen LogP contribution is -2.51. The monoisotopic (exact) mass is 411 g/mol. The second-order valence-electron chi connectivity index (χ2n) is 7.96. The molecule has 0 spiro atoms. The number of amides is 1. The van der Waals surface area contributed by atoms with Crippen molar-refractivity contribution in [2.45, 2.75) is 44.9 Å². The van der Waals surface area contributed by atoms with E-state index in [2.05, 4.69) is 4.99 Å². The van der Waals surface area contributed by atoms with Crippen LogP contribution in [0, 0.1) is 21.8 Å². The minimum absolute atomic E-state index is 0.0264. The molecule has 152 valence electrons. The van der Waals surface area contributed by atoms with Crippen molar-refractivity contribution in [1.29, 1.82) is 0 Å². The highest BCUT2D eigenvalue weighted by atomic mass is 32.2. The number of benzene rings is 1. The molecule has 0 unspecified atom stereocenters. The molecule has 0 radical (unpaired) electrons. The molecule has 2 aliphatic heterocycles. The lowest BCUT2D eigenvalue weighted by Gasteiger charge is -2.41. The Bertz CT molecular complexity index is 856. The van der Waals surface area contributed by atoms with Gasteiger partial charge in [-0.05, 0) is 33.8 Å². The Balaban J connectivity index is 2.21. The number of non-ortho nitro benzene ring substituents is 1. The Morgan fingerprint density at radius 2 is 2.18 bits per heavy atom. The highest BCUT2D eigenvalue weighted by Crippen LogP contribution is 2.49. The van der Waals surface area contributed by atoms with Gasteiger partial charge in [0.15, 0.2) is 5.17 Å². The van der Waals surface area contributed by atoms with Crippen LogP contribution in [-0.2, 0) is 10.3 Å². The number of thioether (sulfide) groups is 1. The highest BCUT2D eigenvalue weighted by Gasteiger charge is 2.54. The number of halogens is 1. The first-order valence-electron chi connectivity index (χ1n) is 8.79. The second-order valence-corrected chi connectivity index (χ2v) is 8.95. The van der Waals surface area contributed by atoms with Gasteiger partial charge in [-0.25, -0.2) is 14.2 Å². The average Bonchev–Trinajstić information content (AvgIpc) is 2.91. The van der Waals surface area contributed by atoms with Crippen molar-refractivity contribution in [3.63, 3.8) is 0 Å². The van der Waals surface area contributed by atoms with Crippen LogP contribution in [0.5, 0.6) is 0 Å². The number of amidine groups is 1. The van der Waals surface area contributed by atoms with Gasteiger partial charge in [-0.1, -0.05) is 11.8 Å². The third-order valence-corrected chi connectivity index (χ3v) is 6.17. The molecule has 3 rings (SSSR count). The van der Waals surface area contributed by atoms with Crippen LogP contribution in [0.25, 0.3) is 0 Å². The number of ether oxygens (including phenoxy) is 1. The van der Waals surface area contributed by atoms with Crippen LogP contribution in [0.3, 0.4) is 0 Å². The molecule has 0 aromatic heterocycles. The van der Waals surface area contributed by atoms with E-state index in [0.717, 1.165) is 17.0 Å². The first-order chi connectivity index (χ1) is 13.0. The highest BCUT2D eigenvalue weighted by molar-refractivity contribution is 8.13. The molecule has 1 N–H and O–H groups in total. The first kappa shape index (κ1) is 20.5. The number of rotatable bonds is 2. The Labute approximate surface area is 165 Å². The summed E-state index contributed by atoms with van der Waals surface area (Å²) < 4.78 is 20.6. The average molecular weight is 411 g/mol. The molecule has 1 aromatic carbocycles. The van der Waals surface area contributed by atoms with Crippen LogP contribution in [0.1, 0.15) is 33.3 Å². The van der Waals surface area contributed by atoms with E-state index in [1.165, 1.54) is 17.8 Å². The molecule has 2 aliphatic rings. The van der Waals surface area contributed by atoms with Crippen LogP contribution >= 0.6 is 11.8 Å². The number of fused-ring (bicyclic) bond motifs is 1. The molecule has 0 aliphatic carbocycles. The maximum Gasteiger partial charge on any atom is 0.413 e. The normalized spacial score (nSPS) is 27.1. The fourth-order valence-corrected chi connectivity index (χ4v) is 5.28. The molecule has 1 aromatic rings. The summed E-state index contributed by atoms with van der Waals surface area (Å²) in [6.07, 6.45) is -1.41. The largest absolute Gasteiger partial charge is 0.465 e. The lowest BCUT2D eigenvalue weighted by molar-refractivity contribution is -0.385. The molecule has 1 saturated heterocycles. The van der Waals surface area contributed by atoms with Gasteiger partial charge in [0.2, 0.25) is 0 Å². The third-order valence-electron chi connectivity index (χ3n) is 5.11. The number of nitrogens with zero attached hydrogens (tertiary/aromatic N) is 3. The molecule has 8 nitrogen and oxygen atoms in total. The molecule has 1 fully saturated rings. The molecule has 0 saturated carbocycles. The summed E-state index contributed by atoms with van der Waals surface area (Å²) in [5, 5.41) is 21.2. The molecule has 28 heavy (non-hydrogen) atoms. The van der Waals surface area contributed by atoms with Gasteiger partial charge in [-0.3, -0.25) is 15.0 Å². The quantitative estimate of drug-likeness (QED) is 0.585.